The number of hydrogen-bond donors (Lipinski definition) is 2. The first kappa shape index (κ1) is 14.2. The lowest BCUT2D eigenvalue weighted by Crippen LogP contribution is -2.23. The maximum absolute atomic E-state index is 12.0. The highest BCUT2D eigenvalue weighted by Crippen LogP contribution is 2.22. The minimum absolute atomic E-state index is 0.0775. The van der Waals surface area contributed by atoms with Gasteiger partial charge in [0.15, 0.2) is 0 Å². The third-order valence-electron chi connectivity index (χ3n) is 3.11. The van der Waals surface area contributed by atoms with Crippen molar-refractivity contribution in [2.75, 3.05) is 5.32 Å². The SMILES string of the molecule is CCC(CC)C(=O)Nc1c(C)cccc1C(=O)O. The maximum Gasteiger partial charge on any atom is 0.337 e. The molecule has 18 heavy (non-hydrogen) atoms. The van der Waals surface area contributed by atoms with E-state index in [9.17, 15) is 9.59 Å². The molecule has 0 aliphatic heterocycles. The average Bonchev–Trinajstić information content (AvgIpc) is 2.33. The Kier molecular flexibility index (Phi) is 4.89. The van der Waals surface area contributed by atoms with Crippen molar-refractivity contribution in [3.63, 3.8) is 0 Å². The molecule has 98 valence electrons. The summed E-state index contributed by atoms with van der Waals surface area (Å²) in [7, 11) is 0. The van der Waals surface area contributed by atoms with Gasteiger partial charge in [-0.05, 0) is 31.4 Å². The molecule has 0 aliphatic carbocycles. The lowest BCUT2D eigenvalue weighted by molar-refractivity contribution is -0.120. The molecule has 4 heteroatoms. The summed E-state index contributed by atoms with van der Waals surface area (Å²) in [4.78, 5) is 23.1. The van der Waals surface area contributed by atoms with Crippen LogP contribution >= 0.6 is 0 Å². The van der Waals surface area contributed by atoms with Gasteiger partial charge in [0, 0.05) is 5.92 Å². The number of carboxylic acid groups (broad SMARTS) is 1. The summed E-state index contributed by atoms with van der Waals surface area (Å²) in [6, 6.07) is 4.96. The van der Waals surface area contributed by atoms with Crippen LogP contribution in [-0.4, -0.2) is 17.0 Å². The lowest BCUT2D eigenvalue weighted by Gasteiger charge is -2.16. The minimum atomic E-state index is -1.03. The number of benzene rings is 1. The van der Waals surface area contributed by atoms with E-state index in [-0.39, 0.29) is 17.4 Å². The van der Waals surface area contributed by atoms with Gasteiger partial charge in [-0.1, -0.05) is 26.0 Å². The molecule has 0 aliphatic rings. The molecule has 0 aromatic heterocycles. The van der Waals surface area contributed by atoms with E-state index in [4.69, 9.17) is 5.11 Å². The Morgan fingerprint density at radius 1 is 1.28 bits per heavy atom. The first-order chi connectivity index (χ1) is 8.51. The lowest BCUT2D eigenvalue weighted by atomic mass is 10.0. The molecule has 0 spiro atoms. The highest BCUT2D eigenvalue weighted by molar-refractivity contribution is 6.02. The molecule has 0 radical (unpaired) electrons. The second-order valence-corrected chi connectivity index (χ2v) is 4.31. The van der Waals surface area contributed by atoms with Crippen LogP contribution in [0.25, 0.3) is 0 Å². The van der Waals surface area contributed by atoms with Gasteiger partial charge in [0.25, 0.3) is 0 Å². The van der Waals surface area contributed by atoms with Crippen molar-refractivity contribution in [2.45, 2.75) is 33.6 Å². The summed E-state index contributed by atoms with van der Waals surface area (Å²) in [5, 5.41) is 11.8. The summed E-state index contributed by atoms with van der Waals surface area (Å²) in [6.07, 6.45) is 1.49. The topological polar surface area (TPSA) is 66.4 Å². The van der Waals surface area contributed by atoms with Crippen LogP contribution in [0.15, 0.2) is 18.2 Å². The zero-order valence-corrected chi connectivity index (χ0v) is 11.0. The standard InChI is InChI=1S/C14H19NO3/c1-4-10(5-2)13(16)15-12-9(3)7-6-8-11(12)14(17)18/h6-8,10H,4-5H2,1-3H3,(H,15,16)(H,17,18). The Morgan fingerprint density at radius 2 is 1.89 bits per heavy atom. The highest BCUT2D eigenvalue weighted by atomic mass is 16.4. The van der Waals surface area contributed by atoms with Crippen LogP contribution in [0.3, 0.4) is 0 Å². The zero-order valence-electron chi connectivity index (χ0n) is 11.0. The van der Waals surface area contributed by atoms with E-state index in [1.807, 2.05) is 13.8 Å². The molecule has 0 bridgehead atoms. The van der Waals surface area contributed by atoms with Crippen LogP contribution in [0, 0.1) is 12.8 Å². The van der Waals surface area contributed by atoms with Crippen molar-refractivity contribution in [3.8, 4) is 0 Å². The van der Waals surface area contributed by atoms with Gasteiger partial charge in [0.2, 0.25) is 5.91 Å². The number of rotatable bonds is 5. The fraction of sp³-hybridized carbons (Fsp3) is 0.429. The molecule has 4 nitrogen and oxygen atoms in total. The zero-order chi connectivity index (χ0) is 13.7. The number of aryl methyl sites for hydroxylation is 1. The Labute approximate surface area is 107 Å². The molecular formula is C14H19NO3. The summed E-state index contributed by atoms with van der Waals surface area (Å²) >= 11 is 0. The van der Waals surface area contributed by atoms with E-state index >= 15 is 0 Å². The number of carboxylic acids is 1. The van der Waals surface area contributed by atoms with Gasteiger partial charge >= 0.3 is 5.97 Å². The van der Waals surface area contributed by atoms with Crippen molar-refractivity contribution in [3.05, 3.63) is 29.3 Å². The van der Waals surface area contributed by atoms with Crippen LogP contribution < -0.4 is 5.32 Å². The highest BCUT2D eigenvalue weighted by Gasteiger charge is 2.18. The Bertz CT molecular complexity index is 450. The molecule has 0 saturated carbocycles. The number of hydrogen-bond acceptors (Lipinski definition) is 2. The number of nitrogens with one attached hydrogen (secondary N) is 1. The Hall–Kier alpha value is -1.84. The van der Waals surface area contributed by atoms with Crippen molar-refractivity contribution < 1.29 is 14.7 Å². The fourth-order valence-corrected chi connectivity index (χ4v) is 1.90. The number of anilines is 1. The van der Waals surface area contributed by atoms with Crippen molar-refractivity contribution >= 4 is 17.6 Å². The van der Waals surface area contributed by atoms with E-state index in [2.05, 4.69) is 5.32 Å². The molecular weight excluding hydrogens is 230 g/mol. The third-order valence-corrected chi connectivity index (χ3v) is 3.11. The molecule has 1 rings (SSSR count). The van der Waals surface area contributed by atoms with E-state index < -0.39 is 5.97 Å². The van der Waals surface area contributed by atoms with E-state index in [0.717, 1.165) is 18.4 Å². The van der Waals surface area contributed by atoms with Gasteiger partial charge in [-0.25, -0.2) is 4.79 Å². The molecule has 0 atom stereocenters. The Morgan fingerprint density at radius 3 is 2.39 bits per heavy atom. The van der Waals surface area contributed by atoms with Gasteiger partial charge in [-0.15, -0.1) is 0 Å². The number of para-hydroxylation sites is 1. The van der Waals surface area contributed by atoms with Crippen molar-refractivity contribution in [1.29, 1.82) is 0 Å². The molecule has 1 amide bonds. The number of aromatic carboxylic acids is 1. The molecule has 0 heterocycles. The average molecular weight is 249 g/mol. The second-order valence-electron chi connectivity index (χ2n) is 4.31. The fourth-order valence-electron chi connectivity index (χ4n) is 1.90. The normalized spacial score (nSPS) is 10.4. The van der Waals surface area contributed by atoms with Crippen LogP contribution in [0.1, 0.15) is 42.6 Å². The smallest absolute Gasteiger partial charge is 0.337 e. The number of amides is 1. The number of carbonyl (C=O) groups is 2. The van der Waals surface area contributed by atoms with Crippen LogP contribution in [0.2, 0.25) is 0 Å². The Balaban J connectivity index is 3.03. The van der Waals surface area contributed by atoms with E-state index in [1.54, 1.807) is 19.1 Å². The minimum Gasteiger partial charge on any atom is -0.478 e. The van der Waals surface area contributed by atoms with E-state index in [1.165, 1.54) is 6.07 Å². The number of carbonyl (C=O) groups excluding carboxylic acids is 1. The van der Waals surface area contributed by atoms with Gasteiger partial charge in [0.1, 0.15) is 0 Å². The molecule has 2 N–H and O–H groups in total. The van der Waals surface area contributed by atoms with Crippen molar-refractivity contribution in [2.24, 2.45) is 5.92 Å². The summed E-state index contributed by atoms with van der Waals surface area (Å²) in [6.45, 7) is 5.68. The first-order valence-electron chi connectivity index (χ1n) is 6.15. The monoisotopic (exact) mass is 249 g/mol. The predicted molar refractivity (Wildman–Crippen MR) is 70.8 cm³/mol. The summed E-state index contributed by atoms with van der Waals surface area (Å²) in [5.74, 6) is -1.22. The van der Waals surface area contributed by atoms with E-state index in [0.29, 0.717) is 5.69 Å². The maximum atomic E-state index is 12.0. The van der Waals surface area contributed by atoms with Crippen LogP contribution in [-0.2, 0) is 4.79 Å². The summed E-state index contributed by atoms with van der Waals surface area (Å²) in [5.41, 5.74) is 1.30. The van der Waals surface area contributed by atoms with Gasteiger partial charge in [-0.3, -0.25) is 4.79 Å². The van der Waals surface area contributed by atoms with Gasteiger partial charge in [-0.2, -0.15) is 0 Å². The second kappa shape index (κ2) is 6.19. The molecule has 0 fully saturated rings. The molecule has 0 unspecified atom stereocenters. The summed E-state index contributed by atoms with van der Waals surface area (Å²) < 4.78 is 0. The van der Waals surface area contributed by atoms with Gasteiger partial charge in [0.05, 0.1) is 11.3 Å². The first-order valence-corrected chi connectivity index (χ1v) is 6.15. The molecule has 0 saturated heterocycles. The third kappa shape index (κ3) is 3.09. The molecule has 1 aromatic carbocycles. The largest absolute Gasteiger partial charge is 0.478 e. The van der Waals surface area contributed by atoms with Gasteiger partial charge < -0.3 is 10.4 Å². The quantitative estimate of drug-likeness (QED) is 0.842. The van der Waals surface area contributed by atoms with Crippen LogP contribution in [0.4, 0.5) is 5.69 Å². The van der Waals surface area contributed by atoms with Crippen molar-refractivity contribution in [1.82, 2.24) is 0 Å². The van der Waals surface area contributed by atoms with Crippen LogP contribution in [0.5, 0.6) is 0 Å². The molecule has 1 aromatic rings. The predicted octanol–water partition coefficient (Wildman–Crippen LogP) is 3.07.